The zero-order valence-electron chi connectivity index (χ0n) is 47.1. The standard InChI is InChI=1S/C70H43F15N4/c1-35-7-15-48(56(23-35)68(77,78)79)41-10-18-53-54-19-11-42(49-16-8-36(2)24-57(49)69(80,81)82)30-63(54)89(62(53)29-41)65-34-59(86-6)55(44-26-38(4)87-39(5)27-44)33-64(65)88-60-28-40(47-21-13-45(25-37(47)3)66(71,72)73)9-17-51(60)52-20-12-43(31-61(52)88)50-22-14-46(67(74,75)76)32-58(50)70(83,84)85/h7-34H,1-5H3. The lowest BCUT2D eigenvalue weighted by Crippen LogP contribution is -2.12. The summed E-state index contributed by atoms with van der Waals surface area (Å²) in [5.41, 5.74) is -3.34. The van der Waals surface area contributed by atoms with Crippen molar-refractivity contribution in [2.45, 2.75) is 65.5 Å². The van der Waals surface area contributed by atoms with Crippen LogP contribution in [0.3, 0.4) is 0 Å². The van der Waals surface area contributed by atoms with E-state index in [2.05, 4.69) is 9.83 Å². The monoisotopic (exact) mass is 1220 g/mol. The van der Waals surface area contributed by atoms with Crippen molar-refractivity contribution in [1.29, 1.82) is 0 Å². The van der Waals surface area contributed by atoms with Gasteiger partial charge in [-0.1, -0.05) is 96.1 Å². The van der Waals surface area contributed by atoms with Crippen LogP contribution in [0.25, 0.3) is 115 Å². The Hall–Kier alpha value is -9.83. The van der Waals surface area contributed by atoms with Crippen LogP contribution < -0.4 is 0 Å². The molecule has 0 aliphatic carbocycles. The topological polar surface area (TPSA) is 27.1 Å². The van der Waals surface area contributed by atoms with Crippen molar-refractivity contribution in [2.24, 2.45) is 0 Å². The first-order valence-corrected chi connectivity index (χ1v) is 27.3. The fourth-order valence-corrected chi connectivity index (χ4v) is 12.1. The molecule has 3 aromatic heterocycles. The molecule has 3 heterocycles. The molecule has 12 rings (SSSR count). The maximum Gasteiger partial charge on any atom is 0.417 e. The molecule has 0 unspecified atom stereocenters. The van der Waals surface area contributed by atoms with E-state index in [1.165, 1.54) is 99.6 Å². The zero-order chi connectivity index (χ0) is 63.8. The molecular weight excluding hydrogens is 1180 g/mol. The summed E-state index contributed by atoms with van der Waals surface area (Å²) in [6, 6.07) is 36.4. The maximum atomic E-state index is 15.1. The van der Waals surface area contributed by atoms with Gasteiger partial charge in [-0.15, -0.1) is 0 Å². The third kappa shape index (κ3) is 10.7. The average Bonchev–Trinajstić information content (AvgIpc) is 1.58. The summed E-state index contributed by atoms with van der Waals surface area (Å²) < 4.78 is 224. The minimum Gasteiger partial charge on any atom is -0.308 e. The molecule has 0 fully saturated rings. The lowest BCUT2D eigenvalue weighted by atomic mass is 9.95. The minimum absolute atomic E-state index is 0.00717. The number of hydrogen-bond donors (Lipinski definition) is 0. The molecule has 19 heteroatoms. The summed E-state index contributed by atoms with van der Waals surface area (Å²) in [7, 11) is 0. The highest BCUT2D eigenvalue weighted by molar-refractivity contribution is 6.14. The first kappa shape index (κ1) is 59.5. The largest absolute Gasteiger partial charge is 0.417 e. The highest BCUT2D eigenvalue weighted by atomic mass is 19.4. The number of hydrogen-bond acceptors (Lipinski definition) is 1. The minimum atomic E-state index is -5.34. The molecule has 0 spiro atoms. The van der Waals surface area contributed by atoms with Gasteiger partial charge in [-0.3, -0.25) is 4.98 Å². The summed E-state index contributed by atoms with van der Waals surface area (Å²) in [5, 5.41) is 1.48. The van der Waals surface area contributed by atoms with Gasteiger partial charge in [0.05, 0.1) is 67.8 Å². The Labute approximate surface area is 497 Å². The van der Waals surface area contributed by atoms with Crippen molar-refractivity contribution in [3.8, 4) is 67.0 Å². The zero-order valence-corrected chi connectivity index (χ0v) is 47.1. The van der Waals surface area contributed by atoms with E-state index in [1.54, 1.807) is 71.5 Å². The Morgan fingerprint density at radius 3 is 1.04 bits per heavy atom. The Morgan fingerprint density at radius 1 is 0.326 bits per heavy atom. The number of aromatic nitrogens is 3. The molecule has 0 N–H and O–H groups in total. The summed E-state index contributed by atoms with van der Waals surface area (Å²) in [5.74, 6) is 0. The molecule has 0 amide bonds. The molecule has 0 bridgehead atoms. The Kier molecular flexibility index (Phi) is 14.0. The SMILES string of the molecule is [C-]#[N+]c1cc(-n2c3cc(-c4ccc(C)cc4C(F)(F)F)ccc3c3ccc(-c4ccc(C)cc4C(F)(F)F)cc32)c(-n2c3cc(-c4ccc(C(F)(F)F)cc4C)ccc3c3ccc(-c4ccc(C(F)(F)F)cc4C(F)(F)F)cc32)cc1-c1cc(C)nc(C)c1. The highest BCUT2D eigenvalue weighted by Gasteiger charge is 2.40. The lowest BCUT2D eigenvalue weighted by molar-refractivity contribution is -0.143. The maximum absolute atomic E-state index is 15.1. The predicted molar refractivity (Wildman–Crippen MR) is 315 cm³/mol. The molecular formula is C70H43F15N4. The van der Waals surface area contributed by atoms with Gasteiger partial charge in [0.2, 0.25) is 0 Å². The van der Waals surface area contributed by atoms with Crippen LogP contribution in [0.5, 0.6) is 0 Å². The van der Waals surface area contributed by atoms with E-state index < -0.39 is 64.3 Å². The van der Waals surface area contributed by atoms with Gasteiger partial charge in [0, 0.05) is 32.9 Å². The second-order valence-corrected chi connectivity index (χ2v) is 22.1. The van der Waals surface area contributed by atoms with Crippen molar-refractivity contribution < 1.29 is 65.9 Å². The van der Waals surface area contributed by atoms with Crippen molar-refractivity contribution in [3.63, 3.8) is 0 Å². The van der Waals surface area contributed by atoms with E-state index in [9.17, 15) is 26.3 Å². The molecule has 0 saturated carbocycles. The number of alkyl halides is 15. The summed E-state index contributed by atoms with van der Waals surface area (Å²) >= 11 is 0. The number of fused-ring (bicyclic) bond motifs is 6. The van der Waals surface area contributed by atoms with E-state index in [0.29, 0.717) is 72.9 Å². The molecule has 89 heavy (non-hydrogen) atoms. The quantitative estimate of drug-likeness (QED) is 0.115. The van der Waals surface area contributed by atoms with Gasteiger partial charge in [0.1, 0.15) is 0 Å². The van der Waals surface area contributed by atoms with Crippen LogP contribution >= 0.6 is 0 Å². The molecule has 9 aromatic carbocycles. The first-order valence-electron chi connectivity index (χ1n) is 27.3. The summed E-state index contributed by atoms with van der Waals surface area (Å²) in [6.07, 6.45) is -25.0. The van der Waals surface area contributed by atoms with E-state index in [4.69, 9.17) is 6.57 Å². The van der Waals surface area contributed by atoms with Gasteiger partial charge in [0.15, 0.2) is 5.69 Å². The van der Waals surface area contributed by atoms with Crippen molar-refractivity contribution in [2.75, 3.05) is 0 Å². The second kappa shape index (κ2) is 20.9. The molecule has 0 saturated heterocycles. The Balaban J connectivity index is 1.28. The lowest BCUT2D eigenvalue weighted by Gasteiger charge is -2.21. The van der Waals surface area contributed by atoms with Gasteiger partial charge >= 0.3 is 30.9 Å². The van der Waals surface area contributed by atoms with Crippen LogP contribution in [0, 0.1) is 41.2 Å². The third-order valence-corrected chi connectivity index (χ3v) is 16.0. The number of halogens is 15. The second-order valence-electron chi connectivity index (χ2n) is 22.1. The smallest absolute Gasteiger partial charge is 0.308 e. The molecule has 0 radical (unpaired) electrons. The van der Waals surface area contributed by atoms with Crippen LogP contribution in [-0.4, -0.2) is 14.1 Å². The van der Waals surface area contributed by atoms with Gasteiger partial charge in [0.25, 0.3) is 0 Å². The predicted octanol–water partition coefficient (Wildman–Crippen LogP) is 22.8. The molecule has 448 valence electrons. The van der Waals surface area contributed by atoms with Gasteiger partial charge in [-0.05, 0) is 181 Å². The fraction of sp³-hybridized carbons (Fsp3) is 0.143. The highest BCUT2D eigenvalue weighted by Crippen LogP contribution is 2.49. The first-order chi connectivity index (χ1) is 41.8. The number of nitrogens with zero attached hydrogens (tertiary/aromatic N) is 4. The fourth-order valence-electron chi connectivity index (χ4n) is 12.1. The summed E-state index contributed by atoms with van der Waals surface area (Å²) in [4.78, 5) is 8.52. The van der Waals surface area contributed by atoms with E-state index >= 15 is 39.5 Å². The third-order valence-electron chi connectivity index (χ3n) is 16.0. The van der Waals surface area contributed by atoms with Crippen molar-refractivity contribution >= 4 is 49.3 Å². The Morgan fingerprint density at radius 2 is 0.674 bits per heavy atom. The Bertz CT molecular complexity index is 4820. The number of benzene rings is 9. The van der Waals surface area contributed by atoms with Crippen LogP contribution in [0.1, 0.15) is 55.9 Å². The van der Waals surface area contributed by atoms with E-state index in [1.807, 2.05) is 0 Å². The van der Waals surface area contributed by atoms with Crippen LogP contribution in [0.2, 0.25) is 0 Å². The van der Waals surface area contributed by atoms with Crippen LogP contribution in [-0.2, 0) is 30.9 Å². The van der Waals surface area contributed by atoms with E-state index in [-0.39, 0.29) is 84.1 Å². The van der Waals surface area contributed by atoms with Crippen molar-refractivity contribution in [1.82, 2.24) is 14.1 Å². The van der Waals surface area contributed by atoms with Crippen LogP contribution in [0.15, 0.2) is 170 Å². The molecule has 0 aliphatic heterocycles. The molecule has 12 aromatic rings. The average molecular weight is 1230 g/mol. The number of aryl methyl sites for hydroxylation is 5. The van der Waals surface area contributed by atoms with Gasteiger partial charge in [-0.25, -0.2) is 4.85 Å². The van der Waals surface area contributed by atoms with Gasteiger partial charge in [-0.2, -0.15) is 65.9 Å². The normalized spacial score (nSPS) is 12.7. The molecule has 0 atom stereocenters. The molecule has 4 nitrogen and oxygen atoms in total. The van der Waals surface area contributed by atoms with Crippen LogP contribution in [0.4, 0.5) is 71.5 Å². The molecule has 0 aliphatic rings. The number of pyridine rings is 1. The van der Waals surface area contributed by atoms with Gasteiger partial charge < -0.3 is 9.13 Å². The summed E-state index contributed by atoms with van der Waals surface area (Å²) in [6.45, 7) is 16.7. The van der Waals surface area contributed by atoms with Crippen molar-refractivity contribution in [3.05, 3.63) is 237 Å². The van der Waals surface area contributed by atoms with E-state index in [0.717, 1.165) is 24.3 Å². The number of rotatable bonds is 7.